The van der Waals surface area contributed by atoms with E-state index in [9.17, 15) is 0 Å². The highest BCUT2D eigenvalue weighted by Crippen LogP contribution is 2.23. The number of halogens is 1. The van der Waals surface area contributed by atoms with Crippen molar-refractivity contribution in [2.45, 2.75) is 20.4 Å². The van der Waals surface area contributed by atoms with Crippen LogP contribution in [-0.4, -0.2) is 4.98 Å². The maximum absolute atomic E-state index is 6.15. The summed E-state index contributed by atoms with van der Waals surface area (Å²) < 4.78 is 0. The van der Waals surface area contributed by atoms with Gasteiger partial charge < -0.3 is 5.32 Å². The molecule has 0 bridgehead atoms. The Hall–Kier alpha value is -1.54. The average Bonchev–Trinajstić information content (AvgIpc) is 2.28. The molecule has 0 aliphatic heterocycles. The molecule has 0 fully saturated rings. The van der Waals surface area contributed by atoms with E-state index in [2.05, 4.69) is 16.4 Å². The predicted molar refractivity (Wildman–Crippen MR) is 72.5 cm³/mol. The number of hydrogen-bond acceptors (Lipinski definition) is 2. The van der Waals surface area contributed by atoms with Gasteiger partial charge in [0.15, 0.2) is 0 Å². The summed E-state index contributed by atoms with van der Waals surface area (Å²) in [5.41, 5.74) is 4.44. The van der Waals surface area contributed by atoms with Gasteiger partial charge in [-0.1, -0.05) is 23.7 Å². The minimum atomic E-state index is 0.734. The molecule has 0 unspecified atom stereocenters. The van der Waals surface area contributed by atoms with Gasteiger partial charge in [-0.2, -0.15) is 0 Å². The quantitative estimate of drug-likeness (QED) is 0.887. The fraction of sp³-hybridized carbons (Fsp3) is 0.214. The Morgan fingerprint density at radius 3 is 2.65 bits per heavy atom. The first-order valence-corrected chi connectivity index (χ1v) is 5.93. The molecule has 2 aromatic rings. The Balaban J connectivity index is 2.07. The fourth-order valence-corrected chi connectivity index (χ4v) is 1.98. The lowest BCUT2D eigenvalue weighted by atomic mass is 10.2. The van der Waals surface area contributed by atoms with Crippen molar-refractivity contribution >= 4 is 17.3 Å². The van der Waals surface area contributed by atoms with E-state index in [0.29, 0.717) is 0 Å². The molecule has 0 atom stereocenters. The Morgan fingerprint density at radius 1 is 1.12 bits per heavy atom. The van der Waals surface area contributed by atoms with Gasteiger partial charge in [0.2, 0.25) is 0 Å². The van der Waals surface area contributed by atoms with Gasteiger partial charge in [-0.05, 0) is 42.7 Å². The summed E-state index contributed by atoms with van der Waals surface area (Å²) in [5, 5.41) is 4.07. The lowest BCUT2D eigenvalue weighted by molar-refractivity contribution is 1.10. The van der Waals surface area contributed by atoms with Gasteiger partial charge in [0.1, 0.15) is 0 Å². The van der Waals surface area contributed by atoms with Crippen molar-refractivity contribution in [3.63, 3.8) is 0 Å². The summed E-state index contributed by atoms with van der Waals surface area (Å²) >= 11 is 6.15. The van der Waals surface area contributed by atoms with Crippen molar-refractivity contribution in [3.05, 3.63) is 58.4 Å². The molecule has 17 heavy (non-hydrogen) atoms. The molecule has 0 aliphatic rings. The molecule has 0 radical (unpaired) electrons. The second-order valence-corrected chi connectivity index (χ2v) is 4.61. The van der Waals surface area contributed by atoms with Gasteiger partial charge in [0.05, 0.1) is 10.7 Å². The molecule has 2 rings (SSSR count). The van der Waals surface area contributed by atoms with Crippen LogP contribution < -0.4 is 5.32 Å². The van der Waals surface area contributed by atoms with E-state index < -0.39 is 0 Å². The number of aryl methyl sites for hydroxylation is 2. The number of pyridine rings is 1. The van der Waals surface area contributed by atoms with E-state index in [-0.39, 0.29) is 0 Å². The summed E-state index contributed by atoms with van der Waals surface area (Å²) in [6, 6.07) is 8.12. The Kier molecular flexibility index (Phi) is 3.64. The van der Waals surface area contributed by atoms with Gasteiger partial charge in [0, 0.05) is 18.9 Å². The van der Waals surface area contributed by atoms with Gasteiger partial charge in [-0.15, -0.1) is 0 Å². The zero-order chi connectivity index (χ0) is 12.3. The molecule has 1 heterocycles. The highest BCUT2D eigenvalue weighted by molar-refractivity contribution is 6.33. The number of hydrogen-bond donors (Lipinski definition) is 1. The van der Waals surface area contributed by atoms with Crippen molar-refractivity contribution in [3.8, 4) is 0 Å². The first-order chi connectivity index (χ1) is 8.15. The molecule has 1 aromatic carbocycles. The monoisotopic (exact) mass is 246 g/mol. The molecule has 1 N–H and O–H groups in total. The van der Waals surface area contributed by atoms with Crippen LogP contribution in [0.5, 0.6) is 0 Å². The van der Waals surface area contributed by atoms with E-state index in [1.54, 1.807) is 0 Å². The van der Waals surface area contributed by atoms with Crippen molar-refractivity contribution in [1.29, 1.82) is 0 Å². The number of rotatable bonds is 3. The minimum Gasteiger partial charge on any atom is -0.380 e. The van der Waals surface area contributed by atoms with Crippen LogP contribution in [-0.2, 0) is 6.54 Å². The minimum absolute atomic E-state index is 0.734. The highest BCUT2D eigenvalue weighted by Gasteiger charge is 2.00. The number of nitrogens with zero attached hydrogens (tertiary/aromatic N) is 1. The molecular weight excluding hydrogens is 232 g/mol. The molecule has 1 aromatic heterocycles. The molecule has 0 amide bonds. The SMILES string of the molecule is Cc1cncc(CNc2ccc(C)cc2Cl)c1. The molecule has 0 aliphatic carbocycles. The standard InChI is InChI=1S/C14H15ClN2/c1-10-3-4-14(13(15)6-10)17-9-12-5-11(2)7-16-8-12/h3-8,17H,9H2,1-2H3. The van der Waals surface area contributed by atoms with Gasteiger partial charge >= 0.3 is 0 Å². The third-order valence-electron chi connectivity index (χ3n) is 2.54. The Labute approximate surface area is 107 Å². The van der Waals surface area contributed by atoms with Crippen LogP contribution >= 0.6 is 11.6 Å². The molecule has 2 nitrogen and oxygen atoms in total. The predicted octanol–water partition coefficient (Wildman–Crippen LogP) is 3.96. The molecule has 0 saturated carbocycles. The smallest absolute Gasteiger partial charge is 0.0640 e. The van der Waals surface area contributed by atoms with Crippen LogP contribution in [0.3, 0.4) is 0 Å². The molecule has 0 saturated heterocycles. The summed E-state index contributed by atoms with van der Waals surface area (Å²) in [5.74, 6) is 0. The van der Waals surface area contributed by atoms with Gasteiger partial charge in [-0.25, -0.2) is 0 Å². The number of anilines is 1. The Morgan fingerprint density at radius 2 is 1.94 bits per heavy atom. The van der Waals surface area contributed by atoms with Crippen molar-refractivity contribution in [2.75, 3.05) is 5.32 Å². The normalized spacial score (nSPS) is 10.3. The third kappa shape index (κ3) is 3.21. The summed E-state index contributed by atoms with van der Waals surface area (Å²) in [7, 11) is 0. The van der Waals surface area contributed by atoms with Crippen LogP contribution in [0.25, 0.3) is 0 Å². The molecule has 3 heteroatoms. The van der Waals surface area contributed by atoms with E-state index in [1.165, 1.54) is 5.56 Å². The summed E-state index contributed by atoms with van der Waals surface area (Å²) in [4.78, 5) is 4.16. The molecular formula is C14H15ClN2. The first kappa shape index (κ1) is 11.9. The number of benzene rings is 1. The topological polar surface area (TPSA) is 24.9 Å². The zero-order valence-electron chi connectivity index (χ0n) is 10.00. The third-order valence-corrected chi connectivity index (χ3v) is 2.85. The molecule has 0 spiro atoms. The Bertz CT molecular complexity index is 523. The van der Waals surface area contributed by atoms with E-state index in [4.69, 9.17) is 11.6 Å². The fourth-order valence-electron chi connectivity index (χ4n) is 1.68. The average molecular weight is 247 g/mol. The highest BCUT2D eigenvalue weighted by atomic mass is 35.5. The van der Waals surface area contributed by atoms with Gasteiger partial charge in [0.25, 0.3) is 0 Å². The zero-order valence-corrected chi connectivity index (χ0v) is 10.8. The lowest BCUT2D eigenvalue weighted by Gasteiger charge is -2.09. The van der Waals surface area contributed by atoms with Crippen LogP contribution in [0.4, 0.5) is 5.69 Å². The van der Waals surface area contributed by atoms with E-state index in [0.717, 1.165) is 28.4 Å². The second-order valence-electron chi connectivity index (χ2n) is 4.21. The maximum Gasteiger partial charge on any atom is 0.0640 e. The summed E-state index contributed by atoms with van der Waals surface area (Å²) in [6.07, 6.45) is 3.71. The van der Waals surface area contributed by atoms with Crippen molar-refractivity contribution in [2.24, 2.45) is 0 Å². The van der Waals surface area contributed by atoms with Crippen LogP contribution in [0.1, 0.15) is 16.7 Å². The van der Waals surface area contributed by atoms with Gasteiger partial charge in [-0.3, -0.25) is 4.98 Å². The van der Waals surface area contributed by atoms with Crippen LogP contribution in [0, 0.1) is 13.8 Å². The van der Waals surface area contributed by atoms with E-state index in [1.807, 2.05) is 44.4 Å². The van der Waals surface area contributed by atoms with Crippen LogP contribution in [0.2, 0.25) is 5.02 Å². The largest absolute Gasteiger partial charge is 0.380 e. The van der Waals surface area contributed by atoms with E-state index >= 15 is 0 Å². The summed E-state index contributed by atoms with van der Waals surface area (Å²) in [6.45, 7) is 4.80. The molecule has 88 valence electrons. The van der Waals surface area contributed by atoms with Crippen LogP contribution in [0.15, 0.2) is 36.7 Å². The van der Waals surface area contributed by atoms with Crippen molar-refractivity contribution in [1.82, 2.24) is 4.98 Å². The number of nitrogens with one attached hydrogen (secondary N) is 1. The second kappa shape index (κ2) is 5.19. The maximum atomic E-state index is 6.15. The lowest BCUT2D eigenvalue weighted by Crippen LogP contribution is -2.00. The van der Waals surface area contributed by atoms with Crippen molar-refractivity contribution < 1.29 is 0 Å². The first-order valence-electron chi connectivity index (χ1n) is 5.56. The number of aromatic nitrogens is 1.